The Balaban J connectivity index is 1.47. The first-order valence-electron chi connectivity index (χ1n) is 10.7. The van der Waals surface area contributed by atoms with E-state index in [-0.39, 0.29) is 11.6 Å². The predicted octanol–water partition coefficient (Wildman–Crippen LogP) is 4.88. The van der Waals surface area contributed by atoms with Crippen LogP contribution in [0.4, 0.5) is 35.0 Å². The molecule has 0 aromatic heterocycles. The molecule has 2 N–H and O–H groups in total. The van der Waals surface area contributed by atoms with Gasteiger partial charge in [0, 0.05) is 35.8 Å². The summed E-state index contributed by atoms with van der Waals surface area (Å²) < 4.78 is 43.0. The van der Waals surface area contributed by atoms with Crippen LogP contribution in [0.3, 0.4) is 0 Å². The van der Waals surface area contributed by atoms with E-state index in [4.69, 9.17) is 11.6 Å². The molecule has 0 bridgehead atoms. The highest BCUT2D eigenvalue weighted by Crippen LogP contribution is 2.34. The third kappa shape index (κ3) is 5.27. The minimum absolute atomic E-state index is 0.113. The summed E-state index contributed by atoms with van der Waals surface area (Å²) in [6.45, 7) is -0.484. The van der Waals surface area contributed by atoms with Gasteiger partial charge in [0.2, 0.25) is 11.8 Å². The fraction of sp³-hybridized carbons (Fsp3) is 0.348. The van der Waals surface area contributed by atoms with Gasteiger partial charge in [-0.1, -0.05) is 11.6 Å². The normalized spacial score (nSPS) is 19.8. The second-order valence-corrected chi connectivity index (χ2v) is 8.73. The van der Waals surface area contributed by atoms with Gasteiger partial charge in [0.05, 0.1) is 12.2 Å². The summed E-state index contributed by atoms with van der Waals surface area (Å²) in [6, 6.07) is 7.50. The summed E-state index contributed by atoms with van der Waals surface area (Å²) in [6.07, 6.45) is 1.06. The first-order chi connectivity index (χ1) is 16.1. The van der Waals surface area contributed by atoms with Crippen molar-refractivity contribution in [2.24, 2.45) is 0 Å². The predicted molar refractivity (Wildman–Crippen MR) is 122 cm³/mol. The summed E-state index contributed by atoms with van der Waals surface area (Å²) in [5.41, 5.74) is 0.445. The number of likely N-dealkylation sites (tertiary alicyclic amines) is 1. The molecule has 2 saturated heterocycles. The summed E-state index contributed by atoms with van der Waals surface area (Å²) in [5.74, 6) is -5.15. The summed E-state index contributed by atoms with van der Waals surface area (Å²) >= 11 is 5.80. The number of carbonyl (C=O) groups is 3. The molecular formula is C23H22ClF3N4O3. The fourth-order valence-electron chi connectivity index (χ4n) is 4.06. The van der Waals surface area contributed by atoms with E-state index in [0.29, 0.717) is 29.4 Å². The average Bonchev–Trinajstić information content (AvgIpc) is 3.13. The van der Waals surface area contributed by atoms with Crippen molar-refractivity contribution in [1.82, 2.24) is 4.90 Å². The molecule has 2 fully saturated rings. The number of halogens is 4. The fourth-order valence-corrected chi connectivity index (χ4v) is 4.19. The number of urea groups is 1. The summed E-state index contributed by atoms with van der Waals surface area (Å²) in [4.78, 5) is 39.7. The summed E-state index contributed by atoms with van der Waals surface area (Å²) in [7, 11) is 0. The molecule has 7 nitrogen and oxygen atoms in total. The number of hydrogen-bond donors (Lipinski definition) is 2. The van der Waals surface area contributed by atoms with Gasteiger partial charge in [-0.15, -0.1) is 0 Å². The Morgan fingerprint density at radius 1 is 1.06 bits per heavy atom. The van der Waals surface area contributed by atoms with Gasteiger partial charge in [0.15, 0.2) is 0 Å². The number of nitrogens with zero attached hydrogens (tertiary/aromatic N) is 2. The van der Waals surface area contributed by atoms with Crippen molar-refractivity contribution in [3.8, 4) is 0 Å². The van der Waals surface area contributed by atoms with Crippen LogP contribution in [0.5, 0.6) is 0 Å². The van der Waals surface area contributed by atoms with Crippen LogP contribution in [0.15, 0.2) is 42.5 Å². The molecule has 4 rings (SSSR count). The first kappa shape index (κ1) is 23.9. The number of carbonyl (C=O) groups excluding carboxylic acids is 3. The largest absolute Gasteiger partial charge is 0.322 e. The molecule has 1 atom stereocenters. The number of benzene rings is 2. The zero-order valence-corrected chi connectivity index (χ0v) is 18.7. The molecule has 2 heterocycles. The van der Waals surface area contributed by atoms with Gasteiger partial charge in [-0.05, 0) is 55.3 Å². The van der Waals surface area contributed by atoms with Crippen molar-refractivity contribution in [2.45, 2.75) is 37.6 Å². The SMILES string of the molecule is O=C(Nc1ccc(N2CCCCC2=O)cc1F)C1CC(F)(F)CN1C(=O)Nc1ccc(Cl)cc1. The molecular weight excluding hydrogens is 473 g/mol. The number of hydrogen-bond acceptors (Lipinski definition) is 3. The van der Waals surface area contributed by atoms with Crippen LogP contribution in [-0.4, -0.2) is 47.8 Å². The van der Waals surface area contributed by atoms with Gasteiger partial charge in [-0.2, -0.15) is 0 Å². The van der Waals surface area contributed by atoms with Gasteiger partial charge in [0.1, 0.15) is 11.9 Å². The Labute approximate surface area is 198 Å². The molecule has 34 heavy (non-hydrogen) atoms. The molecule has 180 valence electrons. The van der Waals surface area contributed by atoms with Gasteiger partial charge in [0.25, 0.3) is 5.92 Å². The van der Waals surface area contributed by atoms with E-state index in [1.807, 2.05) is 0 Å². The first-order valence-corrected chi connectivity index (χ1v) is 11.1. The molecule has 4 amide bonds. The monoisotopic (exact) mass is 494 g/mol. The molecule has 2 aliphatic rings. The van der Waals surface area contributed by atoms with Crippen molar-refractivity contribution in [3.63, 3.8) is 0 Å². The maximum atomic E-state index is 14.7. The van der Waals surface area contributed by atoms with E-state index in [1.54, 1.807) is 0 Å². The van der Waals surface area contributed by atoms with Crippen LogP contribution in [0, 0.1) is 5.82 Å². The highest BCUT2D eigenvalue weighted by atomic mass is 35.5. The molecule has 0 spiro atoms. The molecule has 0 radical (unpaired) electrons. The lowest BCUT2D eigenvalue weighted by Crippen LogP contribution is -2.45. The van der Waals surface area contributed by atoms with Gasteiger partial charge < -0.3 is 20.4 Å². The maximum Gasteiger partial charge on any atom is 0.322 e. The van der Waals surface area contributed by atoms with E-state index in [1.165, 1.54) is 41.3 Å². The second-order valence-electron chi connectivity index (χ2n) is 8.30. The van der Waals surface area contributed by atoms with Crippen LogP contribution < -0.4 is 15.5 Å². The third-order valence-electron chi connectivity index (χ3n) is 5.77. The van der Waals surface area contributed by atoms with Crippen molar-refractivity contribution >= 4 is 46.5 Å². The van der Waals surface area contributed by atoms with Crippen molar-refractivity contribution in [1.29, 1.82) is 0 Å². The lowest BCUT2D eigenvalue weighted by molar-refractivity contribution is -0.120. The average molecular weight is 495 g/mol. The number of amides is 4. The lowest BCUT2D eigenvalue weighted by Gasteiger charge is -2.27. The van der Waals surface area contributed by atoms with E-state index in [2.05, 4.69) is 10.6 Å². The van der Waals surface area contributed by atoms with Crippen molar-refractivity contribution in [3.05, 3.63) is 53.3 Å². The number of anilines is 3. The van der Waals surface area contributed by atoms with Crippen LogP contribution in [-0.2, 0) is 9.59 Å². The van der Waals surface area contributed by atoms with Gasteiger partial charge in [-0.25, -0.2) is 18.0 Å². The highest BCUT2D eigenvalue weighted by molar-refractivity contribution is 6.30. The van der Waals surface area contributed by atoms with Crippen LogP contribution in [0.25, 0.3) is 0 Å². The smallest absolute Gasteiger partial charge is 0.322 e. The molecule has 11 heteroatoms. The van der Waals surface area contributed by atoms with Crippen LogP contribution >= 0.6 is 11.6 Å². The van der Waals surface area contributed by atoms with E-state index < -0.39 is 42.7 Å². The quantitative estimate of drug-likeness (QED) is 0.636. The standard InChI is InChI=1S/C23H22ClF3N4O3/c24-14-4-6-15(7-5-14)28-22(34)31-13-23(26,27)12-19(31)21(33)29-18-9-8-16(11-17(18)25)30-10-2-1-3-20(30)32/h4-9,11,19H,1-3,10,12-13H2,(H,28,34)(H,29,33). The molecule has 2 aromatic carbocycles. The van der Waals surface area contributed by atoms with Crippen LogP contribution in [0.1, 0.15) is 25.7 Å². The maximum absolute atomic E-state index is 14.7. The number of alkyl halides is 2. The zero-order chi connectivity index (χ0) is 24.5. The Kier molecular flexibility index (Phi) is 6.70. The Hall–Kier alpha value is -3.27. The minimum atomic E-state index is -3.28. The topological polar surface area (TPSA) is 81.8 Å². The van der Waals surface area contributed by atoms with E-state index in [0.717, 1.165) is 23.8 Å². The number of nitrogens with one attached hydrogen (secondary N) is 2. The molecule has 0 aliphatic carbocycles. The van der Waals surface area contributed by atoms with E-state index >= 15 is 0 Å². The molecule has 0 saturated carbocycles. The van der Waals surface area contributed by atoms with Crippen molar-refractivity contribution < 1.29 is 27.6 Å². The molecule has 2 aliphatic heterocycles. The number of piperidine rings is 1. The molecule has 1 unspecified atom stereocenters. The van der Waals surface area contributed by atoms with Crippen LogP contribution in [0.2, 0.25) is 5.02 Å². The third-order valence-corrected chi connectivity index (χ3v) is 6.03. The Morgan fingerprint density at radius 2 is 1.79 bits per heavy atom. The molecule has 2 aromatic rings. The Bertz CT molecular complexity index is 1110. The zero-order valence-electron chi connectivity index (χ0n) is 18.0. The van der Waals surface area contributed by atoms with Gasteiger partial charge in [-0.3, -0.25) is 9.59 Å². The minimum Gasteiger partial charge on any atom is -0.322 e. The van der Waals surface area contributed by atoms with E-state index in [9.17, 15) is 27.6 Å². The van der Waals surface area contributed by atoms with Gasteiger partial charge >= 0.3 is 6.03 Å². The lowest BCUT2D eigenvalue weighted by atomic mass is 10.1. The van der Waals surface area contributed by atoms with Crippen molar-refractivity contribution in [2.75, 3.05) is 28.6 Å². The highest BCUT2D eigenvalue weighted by Gasteiger charge is 2.50. The summed E-state index contributed by atoms with van der Waals surface area (Å²) in [5, 5.41) is 5.19. The second kappa shape index (κ2) is 9.54. The number of rotatable bonds is 4. The Morgan fingerprint density at radius 3 is 2.47 bits per heavy atom.